The second-order valence-corrected chi connectivity index (χ2v) is 13.4. The Hall–Kier alpha value is -3.56. The molecule has 228 valence electrons. The van der Waals surface area contributed by atoms with Gasteiger partial charge >= 0.3 is 6.01 Å². The predicted octanol–water partition coefficient (Wildman–Crippen LogP) is 3.30. The molecule has 5 atom stereocenters. The first-order chi connectivity index (χ1) is 20.6. The maximum absolute atomic E-state index is 14.0. The number of aromatic nitrogens is 2. The topological polar surface area (TPSA) is 115 Å². The number of nitriles is 1. The Morgan fingerprint density at radius 1 is 1.33 bits per heavy atom. The minimum Gasteiger partial charge on any atom is -0.462 e. The van der Waals surface area contributed by atoms with Crippen LogP contribution in [-0.2, 0) is 28.9 Å². The Morgan fingerprint density at radius 3 is 2.86 bits per heavy atom. The number of alkyl halides is 1. The minimum absolute atomic E-state index is 0.0227. The van der Waals surface area contributed by atoms with Crippen LogP contribution in [0.3, 0.4) is 0 Å². The fraction of sp³-hybridized carbons (Fsp3) is 0.581. The summed E-state index contributed by atoms with van der Waals surface area (Å²) >= 11 is 1.68. The SMILES string of the molecule is C=CC(=O)N1CCN(c2nc(OCC3CC(F)CN3C)nc3c2CC(C)C2(C3)Cc3scc(C)c3NC2=O)CC1CC#N. The van der Waals surface area contributed by atoms with Gasteiger partial charge in [-0.25, -0.2) is 4.39 Å². The van der Waals surface area contributed by atoms with Crippen LogP contribution < -0.4 is 15.0 Å². The van der Waals surface area contributed by atoms with Gasteiger partial charge in [0.2, 0.25) is 11.8 Å². The maximum atomic E-state index is 14.0. The van der Waals surface area contributed by atoms with Crippen molar-refractivity contribution in [3.05, 3.63) is 39.7 Å². The van der Waals surface area contributed by atoms with Crippen molar-refractivity contribution in [2.45, 2.75) is 64.2 Å². The molecule has 0 saturated carbocycles. The van der Waals surface area contributed by atoms with E-state index in [4.69, 9.17) is 14.7 Å². The number of hydrogen-bond donors (Lipinski definition) is 1. The fourth-order valence-corrected chi connectivity index (χ4v) is 8.31. The van der Waals surface area contributed by atoms with Gasteiger partial charge in [-0.3, -0.25) is 14.5 Å². The number of likely N-dealkylation sites (tertiary alicyclic amines) is 1. The Morgan fingerprint density at radius 2 is 2.14 bits per heavy atom. The summed E-state index contributed by atoms with van der Waals surface area (Å²) in [4.78, 5) is 43.1. The van der Waals surface area contributed by atoms with E-state index in [-0.39, 0.29) is 48.9 Å². The van der Waals surface area contributed by atoms with Crippen LogP contribution in [0.5, 0.6) is 6.01 Å². The summed E-state index contributed by atoms with van der Waals surface area (Å²) in [6, 6.07) is 2.03. The summed E-state index contributed by atoms with van der Waals surface area (Å²) in [5.74, 6) is 0.580. The number of piperazine rings is 1. The molecular formula is C31H38FN7O3S. The van der Waals surface area contributed by atoms with E-state index in [1.807, 2.05) is 18.9 Å². The molecule has 2 amide bonds. The lowest BCUT2D eigenvalue weighted by Gasteiger charge is -2.46. The van der Waals surface area contributed by atoms with Gasteiger partial charge in [-0.2, -0.15) is 15.2 Å². The van der Waals surface area contributed by atoms with Gasteiger partial charge in [-0.1, -0.05) is 13.5 Å². The lowest BCUT2D eigenvalue weighted by atomic mass is 9.62. The molecular weight excluding hydrogens is 569 g/mol. The number of anilines is 2. The third-order valence-electron chi connectivity index (χ3n) is 9.81. The molecule has 2 aromatic rings. The van der Waals surface area contributed by atoms with E-state index in [9.17, 15) is 19.2 Å². The second-order valence-electron chi connectivity index (χ2n) is 12.5. The van der Waals surface area contributed by atoms with Crippen LogP contribution in [0.4, 0.5) is 15.9 Å². The van der Waals surface area contributed by atoms with Crippen LogP contribution in [-0.4, -0.2) is 89.7 Å². The molecule has 2 saturated heterocycles. The van der Waals surface area contributed by atoms with E-state index < -0.39 is 11.6 Å². The van der Waals surface area contributed by atoms with Crippen molar-refractivity contribution in [1.29, 1.82) is 5.26 Å². The van der Waals surface area contributed by atoms with Crippen LogP contribution in [0.1, 0.15) is 41.5 Å². The highest BCUT2D eigenvalue weighted by atomic mass is 32.1. The Bertz CT molecular complexity index is 1490. The van der Waals surface area contributed by atoms with Crippen LogP contribution in [0, 0.1) is 29.6 Å². The highest BCUT2D eigenvalue weighted by Crippen LogP contribution is 2.50. The zero-order valence-corrected chi connectivity index (χ0v) is 25.8. The third-order valence-corrected chi connectivity index (χ3v) is 10.9. The largest absolute Gasteiger partial charge is 0.462 e. The molecule has 1 aliphatic carbocycles. The summed E-state index contributed by atoms with van der Waals surface area (Å²) in [5, 5.41) is 14.8. The van der Waals surface area contributed by atoms with Gasteiger partial charge in [-0.05, 0) is 56.2 Å². The van der Waals surface area contributed by atoms with E-state index in [2.05, 4.69) is 35.2 Å². The number of aryl methyl sites for hydroxylation is 1. The first-order valence-electron chi connectivity index (χ1n) is 14.9. The van der Waals surface area contributed by atoms with Crippen molar-refractivity contribution in [3.8, 4) is 12.1 Å². The summed E-state index contributed by atoms with van der Waals surface area (Å²) < 4.78 is 20.2. The van der Waals surface area contributed by atoms with Gasteiger partial charge in [0.05, 0.1) is 35.3 Å². The molecule has 12 heteroatoms. The number of carbonyl (C=O) groups is 2. The van der Waals surface area contributed by atoms with Gasteiger partial charge < -0.3 is 19.9 Å². The molecule has 1 spiro atoms. The maximum Gasteiger partial charge on any atom is 0.318 e. The average Bonchev–Trinajstić information content (AvgIpc) is 3.51. The fourth-order valence-electron chi connectivity index (χ4n) is 7.20. The van der Waals surface area contributed by atoms with Crippen LogP contribution >= 0.6 is 11.3 Å². The minimum atomic E-state index is -0.887. The van der Waals surface area contributed by atoms with Crippen molar-refractivity contribution in [2.75, 3.05) is 50.1 Å². The van der Waals surface area contributed by atoms with Gasteiger partial charge in [0, 0.05) is 49.1 Å². The molecule has 6 rings (SSSR count). The van der Waals surface area contributed by atoms with Crippen molar-refractivity contribution in [2.24, 2.45) is 11.3 Å². The normalized spacial score (nSPS) is 28.7. The molecule has 10 nitrogen and oxygen atoms in total. The number of hydrogen-bond acceptors (Lipinski definition) is 9. The molecule has 2 aromatic heterocycles. The first kappa shape index (κ1) is 29.5. The van der Waals surface area contributed by atoms with E-state index in [1.165, 1.54) is 11.0 Å². The molecule has 43 heavy (non-hydrogen) atoms. The zero-order chi connectivity index (χ0) is 30.5. The summed E-state index contributed by atoms with van der Waals surface area (Å²) in [5.41, 5.74) is 3.14. The number of fused-ring (bicyclic) bond motifs is 2. The van der Waals surface area contributed by atoms with E-state index in [0.29, 0.717) is 51.9 Å². The zero-order valence-electron chi connectivity index (χ0n) is 24.9. The van der Waals surface area contributed by atoms with Crippen LogP contribution in [0.15, 0.2) is 18.0 Å². The standard InChI is InChI=1S/C31H38FN7O3S/c1-5-26(40)39-9-8-38(15-21(39)6-7-33)28-23-10-19(3)31(13-25-27(35-29(31)41)18(2)17-43-25)12-24(23)34-30(36-28)42-16-22-11-20(32)14-37(22)4/h5,17,19-22H,1,6,8-16H2,2-4H3,(H,35,41). The van der Waals surface area contributed by atoms with Crippen LogP contribution in [0.25, 0.3) is 0 Å². The Labute approximate surface area is 255 Å². The summed E-state index contributed by atoms with van der Waals surface area (Å²) in [7, 11) is 1.89. The Kier molecular flexibility index (Phi) is 7.89. The number of nitrogens with zero attached hydrogens (tertiary/aromatic N) is 6. The second kappa shape index (κ2) is 11.5. The van der Waals surface area contributed by atoms with Gasteiger partial charge in [-0.15, -0.1) is 11.3 Å². The van der Waals surface area contributed by atoms with Crippen LogP contribution in [0.2, 0.25) is 0 Å². The molecule has 4 aliphatic rings. The highest BCUT2D eigenvalue weighted by Gasteiger charge is 2.51. The quantitative estimate of drug-likeness (QED) is 0.498. The molecule has 0 bridgehead atoms. The van der Waals surface area contributed by atoms with Gasteiger partial charge in [0.1, 0.15) is 18.6 Å². The predicted molar refractivity (Wildman–Crippen MR) is 162 cm³/mol. The number of thiophene rings is 1. The van der Waals surface area contributed by atoms with E-state index in [0.717, 1.165) is 28.3 Å². The lowest BCUT2D eigenvalue weighted by molar-refractivity contribution is -0.129. The average molecular weight is 608 g/mol. The molecule has 5 unspecified atom stereocenters. The van der Waals surface area contributed by atoms with Gasteiger partial charge in [0.15, 0.2) is 0 Å². The Balaban J connectivity index is 1.35. The van der Waals surface area contributed by atoms with E-state index in [1.54, 1.807) is 16.2 Å². The van der Waals surface area contributed by atoms with Gasteiger partial charge in [0.25, 0.3) is 0 Å². The molecule has 5 heterocycles. The lowest BCUT2D eigenvalue weighted by Crippen LogP contribution is -2.55. The number of rotatable bonds is 6. The number of ether oxygens (including phenoxy) is 1. The molecule has 1 N–H and O–H groups in total. The number of carbonyl (C=O) groups excluding carboxylic acids is 2. The van der Waals surface area contributed by atoms with Crippen molar-refractivity contribution in [1.82, 2.24) is 19.8 Å². The molecule has 0 aromatic carbocycles. The van der Waals surface area contributed by atoms with Crippen molar-refractivity contribution < 1.29 is 18.7 Å². The summed E-state index contributed by atoms with van der Waals surface area (Å²) in [6.45, 7) is 9.79. The van der Waals surface area contributed by atoms with Crippen molar-refractivity contribution >= 4 is 34.7 Å². The van der Waals surface area contributed by atoms with E-state index >= 15 is 0 Å². The number of likely N-dealkylation sites (N-methyl/N-ethyl adjacent to an activating group) is 1. The first-order valence-corrected chi connectivity index (χ1v) is 15.8. The summed E-state index contributed by atoms with van der Waals surface area (Å²) in [6.07, 6.45) is 2.70. The smallest absolute Gasteiger partial charge is 0.318 e. The number of amides is 2. The third kappa shape index (κ3) is 5.27. The number of halogens is 1. The number of nitrogens with one attached hydrogen (secondary N) is 1. The highest BCUT2D eigenvalue weighted by molar-refractivity contribution is 7.10. The molecule has 3 aliphatic heterocycles. The van der Waals surface area contributed by atoms with Crippen molar-refractivity contribution in [3.63, 3.8) is 0 Å². The monoisotopic (exact) mass is 607 g/mol. The molecule has 2 fully saturated rings. The molecule has 0 radical (unpaired) electrons.